The molecule has 2 N–H and O–H groups in total. The van der Waals surface area contributed by atoms with Crippen LogP contribution in [0.15, 0.2) is 78.9 Å². The summed E-state index contributed by atoms with van der Waals surface area (Å²) in [6, 6.07) is 21.4. The maximum Gasteiger partial charge on any atom is 0.338 e. The minimum Gasteiger partial charge on any atom is -0.454 e. The summed E-state index contributed by atoms with van der Waals surface area (Å²) in [5.41, 5.74) is 2.43. The van der Waals surface area contributed by atoms with Gasteiger partial charge in [0.1, 0.15) is 0 Å². The van der Waals surface area contributed by atoms with Crippen molar-refractivity contribution in [2.24, 2.45) is 0 Å². The summed E-state index contributed by atoms with van der Waals surface area (Å²) in [7, 11) is 0. The predicted octanol–water partition coefficient (Wildman–Crippen LogP) is 3.47. The third-order valence-corrected chi connectivity index (χ3v) is 4.21. The third kappa shape index (κ3) is 5.37. The lowest BCUT2D eigenvalue weighted by Gasteiger charge is -2.07. The second-order valence-corrected chi connectivity index (χ2v) is 6.25. The van der Waals surface area contributed by atoms with Crippen LogP contribution in [0.5, 0.6) is 0 Å². The molecule has 146 valence electrons. The van der Waals surface area contributed by atoms with Gasteiger partial charge >= 0.3 is 5.97 Å². The first-order valence-corrected chi connectivity index (χ1v) is 8.93. The van der Waals surface area contributed by atoms with Gasteiger partial charge in [-0.3, -0.25) is 9.59 Å². The smallest absolute Gasteiger partial charge is 0.338 e. The van der Waals surface area contributed by atoms with E-state index in [2.05, 4.69) is 5.32 Å². The van der Waals surface area contributed by atoms with Gasteiger partial charge in [-0.05, 0) is 54.1 Å². The van der Waals surface area contributed by atoms with Crippen LogP contribution in [0.25, 0.3) is 0 Å². The second kappa shape index (κ2) is 9.43. The fourth-order valence-corrected chi connectivity index (χ4v) is 2.58. The Morgan fingerprint density at radius 3 is 2.00 bits per heavy atom. The standard InChI is InChI=1S/C23H19NO5/c25-14-16-6-8-19(9-7-16)23(28)29-15-21(26)17-10-12-20(13-11-17)24-22(27)18-4-2-1-3-5-18/h1-13,25H,14-15H2,(H,24,27). The van der Waals surface area contributed by atoms with Crippen LogP contribution >= 0.6 is 0 Å². The Bertz CT molecular complexity index is 996. The fraction of sp³-hybridized carbons (Fsp3) is 0.0870. The Hall–Kier alpha value is -3.77. The first kappa shape index (κ1) is 20.0. The van der Waals surface area contributed by atoms with Gasteiger partial charge in [-0.1, -0.05) is 30.3 Å². The number of anilines is 1. The van der Waals surface area contributed by atoms with Gasteiger partial charge in [0.05, 0.1) is 12.2 Å². The summed E-state index contributed by atoms with van der Waals surface area (Å²) in [5, 5.41) is 11.8. The van der Waals surface area contributed by atoms with Crippen molar-refractivity contribution in [3.05, 3.63) is 101 Å². The Morgan fingerprint density at radius 1 is 0.759 bits per heavy atom. The molecule has 0 radical (unpaired) electrons. The number of esters is 1. The number of ketones is 1. The molecule has 0 saturated carbocycles. The Labute approximate surface area is 167 Å². The molecule has 1 amide bonds. The number of hydrogen-bond acceptors (Lipinski definition) is 5. The number of ether oxygens (including phenoxy) is 1. The maximum absolute atomic E-state index is 12.2. The van der Waals surface area contributed by atoms with E-state index in [1.54, 1.807) is 60.7 Å². The number of amides is 1. The van der Waals surface area contributed by atoms with Crippen LogP contribution in [-0.2, 0) is 11.3 Å². The van der Waals surface area contributed by atoms with Crippen molar-refractivity contribution < 1.29 is 24.2 Å². The van der Waals surface area contributed by atoms with Gasteiger partial charge in [-0.2, -0.15) is 0 Å². The number of aliphatic hydroxyl groups excluding tert-OH is 1. The van der Waals surface area contributed by atoms with Gasteiger partial charge in [0, 0.05) is 16.8 Å². The van der Waals surface area contributed by atoms with Gasteiger partial charge in [-0.15, -0.1) is 0 Å². The van der Waals surface area contributed by atoms with Crippen LogP contribution in [0, 0.1) is 0 Å². The highest BCUT2D eigenvalue weighted by atomic mass is 16.5. The number of carbonyl (C=O) groups is 3. The number of carbonyl (C=O) groups excluding carboxylic acids is 3. The van der Waals surface area contributed by atoms with E-state index in [1.165, 1.54) is 12.1 Å². The summed E-state index contributed by atoms with van der Waals surface area (Å²) < 4.78 is 5.05. The van der Waals surface area contributed by atoms with E-state index < -0.39 is 12.6 Å². The van der Waals surface area contributed by atoms with E-state index in [0.29, 0.717) is 27.9 Å². The minimum absolute atomic E-state index is 0.115. The van der Waals surface area contributed by atoms with Gasteiger partial charge < -0.3 is 15.2 Å². The highest BCUT2D eigenvalue weighted by Gasteiger charge is 2.12. The van der Waals surface area contributed by atoms with Crippen molar-refractivity contribution in [2.75, 3.05) is 11.9 Å². The number of Topliss-reactive ketones (excluding diaryl/α,β-unsaturated/α-hetero) is 1. The van der Waals surface area contributed by atoms with Crippen LogP contribution in [0.3, 0.4) is 0 Å². The third-order valence-electron chi connectivity index (χ3n) is 4.21. The zero-order valence-electron chi connectivity index (χ0n) is 15.5. The molecule has 0 aliphatic rings. The quantitative estimate of drug-likeness (QED) is 0.477. The normalized spacial score (nSPS) is 10.2. The van der Waals surface area contributed by atoms with Gasteiger partial charge in [0.15, 0.2) is 12.4 Å². The molecule has 3 aromatic rings. The molecule has 0 unspecified atom stereocenters. The Kier molecular flexibility index (Phi) is 6.50. The summed E-state index contributed by atoms with van der Waals surface area (Å²) in [5.74, 6) is -1.22. The number of rotatable bonds is 7. The van der Waals surface area contributed by atoms with Crippen molar-refractivity contribution in [2.45, 2.75) is 6.61 Å². The van der Waals surface area contributed by atoms with Gasteiger partial charge in [0.2, 0.25) is 0 Å². The number of aliphatic hydroxyl groups is 1. The maximum atomic E-state index is 12.2. The molecule has 0 saturated heterocycles. The van der Waals surface area contributed by atoms with Crippen LogP contribution in [0.4, 0.5) is 5.69 Å². The van der Waals surface area contributed by atoms with Crippen LogP contribution in [-0.4, -0.2) is 29.4 Å². The van der Waals surface area contributed by atoms with Gasteiger partial charge in [0.25, 0.3) is 5.91 Å². The Balaban J connectivity index is 1.54. The fourth-order valence-electron chi connectivity index (χ4n) is 2.58. The molecule has 0 heterocycles. The zero-order chi connectivity index (χ0) is 20.6. The SMILES string of the molecule is O=C(COC(=O)c1ccc(CO)cc1)c1ccc(NC(=O)c2ccccc2)cc1. The molecule has 0 aromatic heterocycles. The zero-order valence-corrected chi connectivity index (χ0v) is 15.5. The van der Waals surface area contributed by atoms with E-state index >= 15 is 0 Å². The second-order valence-electron chi connectivity index (χ2n) is 6.25. The van der Waals surface area contributed by atoms with E-state index in [-0.39, 0.29) is 18.3 Å². The lowest BCUT2D eigenvalue weighted by atomic mass is 10.1. The van der Waals surface area contributed by atoms with Crippen molar-refractivity contribution in [3.63, 3.8) is 0 Å². The molecule has 6 nitrogen and oxygen atoms in total. The lowest BCUT2D eigenvalue weighted by Crippen LogP contribution is -2.15. The van der Waals surface area contributed by atoms with Crippen molar-refractivity contribution in [1.29, 1.82) is 0 Å². The molecule has 0 spiro atoms. The average molecular weight is 389 g/mol. The molecule has 3 rings (SSSR count). The molecular formula is C23H19NO5. The minimum atomic E-state index is -0.616. The number of hydrogen-bond donors (Lipinski definition) is 2. The lowest BCUT2D eigenvalue weighted by molar-refractivity contribution is 0.0474. The largest absolute Gasteiger partial charge is 0.454 e. The van der Waals surface area contributed by atoms with Crippen LogP contribution < -0.4 is 5.32 Å². The summed E-state index contributed by atoms with van der Waals surface area (Å²) in [6.45, 7) is -0.508. The molecule has 3 aromatic carbocycles. The van der Waals surface area contributed by atoms with E-state index in [4.69, 9.17) is 9.84 Å². The highest BCUT2D eigenvalue weighted by molar-refractivity contribution is 6.04. The molecule has 6 heteroatoms. The monoisotopic (exact) mass is 389 g/mol. The molecule has 0 bridgehead atoms. The molecule has 29 heavy (non-hydrogen) atoms. The van der Waals surface area contributed by atoms with E-state index in [9.17, 15) is 14.4 Å². The first-order valence-electron chi connectivity index (χ1n) is 8.93. The molecule has 0 aliphatic heterocycles. The molecule has 0 aliphatic carbocycles. The van der Waals surface area contributed by atoms with Crippen molar-refractivity contribution in [1.82, 2.24) is 0 Å². The highest BCUT2D eigenvalue weighted by Crippen LogP contribution is 2.13. The van der Waals surface area contributed by atoms with E-state index in [0.717, 1.165) is 0 Å². The Morgan fingerprint density at radius 2 is 1.38 bits per heavy atom. The van der Waals surface area contributed by atoms with Crippen molar-refractivity contribution in [3.8, 4) is 0 Å². The molecular weight excluding hydrogens is 370 g/mol. The molecule has 0 atom stereocenters. The van der Waals surface area contributed by atoms with E-state index in [1.807, 2.05) is 6.07 Å². The first-order chi connectivity index (χ1) is 14.1. The number of benzene rings is 3. The molecule has 0 fully saturated rings. The topological polar surface area (TPSA) is 92.7 Å². The average Bonchev–Trinajstić information content (AvgIpc) is 2.78. The number of nitrogens with one attached hydrogen (secondary N) is 1. The summed E-state index contributed by atoms with van der Waals surface area (Å²) in [6.07, 6.45) is 0. The van der Waals surface area contributed by atoms with Gasteiger partial charge in [-0.25, -0.2) is 4.79 Å². The predicted molar refractivity (Wildman–Crippen MR) is 108 cm³/mol. The van der Waals surface area contributed by atoms with Crippen LogP contribution in [0.2, 0.25) is 0 Å². The van der Waals surface area contributed by atoms with Crippen molar-refractivity contribution >= 4 is 23.3 Å². The summed E-state index contributed by atoms with van der Waals surface area (Å²) >= 11 is 0. The van der Waals surface area contributed by atoms with Crippen LogP contribution in [0.1, 0.15) is 36.6 Å². The summed E-state index contributed by atoms with van der Waals surface area (Å²) in [4.78, 5) is 36.4.